The van der Waals surface area contributed by atoms with Gasteiger partial charge in [0.25, 0.3) is 0 Å². The lowest BCUT2D eigenvalue weighted by atomic mass is 9.80. The zero-order valence-electron chi connectivity index (χ0n) is 23.1. The molecule has 41 heavy (non-hydrogen) atoms. The quantitative estimate of drug-likeness (QED) is 0.213. The highest BCUT2D eigenvalue weighted by atomic mass is 15.0. The van der Waals surface area contributed by atoms with E-state index in [0.29, 0.717) is 0 Å². The summed E-state index contributed by atoms with van der Waals surface area (Å²) in [6.07, 6.45) is 0. The van der Waals surface area contributed by atoms with Gasteiger partial charge in [-0.1, -0.05) is 98.8 Å². The molecule has 0 spiro atoms. The molecule has 0 aliphatic heterocycles. The van der Waals surface area contributed by atoms with Crippen LogP contribution in [0.1, 0.15) is 25.0 Å². The van der Waals surface area contributed by atoms with Gasteiger partial charge in [-0.3, -0.25) is 0 Å². The highest BCUT2D eigenvalue weighted by Gasteiger charge is 2.37. The third-order valence-electron chi connectivity index (χ3n) is 9.28. The first-order valence-electron chi connectivity index (χ1n) is 14.4. The van der Waals surface area contributed by atoms with Crippen molar-refractivity contribution < 1.29 is 0 Å². The lowest BCUT2D eigenvalue weighted by molar-refractivity contribution is 0.666. The molecule has 0 saturated carbocycles. The van der Waals surface area contributed by atoms with Crippen LogP contribution >= 0.6 is 0 Å². The minimum absolute atomic E-state index is 0.0759. The van der Waals surface area contributed by atoms with Gasteiger partial charge in [-0.2, -0.15) is 0 Å². The second kappa shape index (κ2) is 7.99. The number of rotatable bonds is 2. The predicted octanol–water partition coefficient (Wildman–Crippen LogP) is 10.2. The predicted molar refractivity (Wildman–Crippen MR) is 173 cm³/mol. The number of hydrogen-bond donors (Lipinski definition) is 0. The Morgan fingerprint density at radius 2 is 1.05 bits per heavy atom. The highest BCUT2D eigenvalue weighted by molar-refractivity contribution is 6.15. The molecule has 0 N–H and O–H groups in total. The smallest absolute Gasteiger partial charge is 0.0544 e. The molecule has 2 heteroatoms. The van der Waals surface area contributed by atoms with E-state index in [9.17, 15) is 0 Å². The van der Waals surface area contributed by atoms with Crippen LogP contribution in [0.15, 0.2) is 133 Å². The van der Waals surface area contributed by atoms with Gasteiger partial charge in [0, 0.05) is 38.3 Å². The summed E-state index contributed by atoms with van der Waals surface area (Å²) in [6, 6.07) is 48.9. The van der Waals surface area contributed by atoms with Crippen LogP contribution in [0, 0.1) is 0 Å². The van der Waals surface area contributed by atoms with E-state index >= 15 is 0 Å². The SMILES string of the molecule is CC1(C)c2ccccc2-c2ccc3c(c21)c1ccccc1n3-c1ccc2c(c1)c1ccccc1n2-c1ccccc1. The van der Waals surface area contributed by atoms with E-state index in [1.807, 2.05) is 0 Å². The van der Waals surface area contributed by atoms with Crippen molar-refractivity contribution in [3.8, 4) is 22.5 Å². The average molecular weight is 525 g/mol. The van der Waals surface area contributed by atoms with E-state index in [1.54, 1.807) is 0 Å². The molecule has 1 aliphatic rings. The van der Waals surface area contributed by atoms with Crippen LogP contribution in [0.25, 0.3) is 66.1 Å². The molecule has 0 bridgehead atoms. The van der Waals surface area contributed by atoms with Crippen molar-refractivity contribution in [3.05, 3.63) is 145 Å². The first-order chi connectivity index (χ1) is 20.1. The molecular formula is C39H28N2. The van der Waals surface area contributed by atoms with Gasteiger partial charge in [-0.15, -0.1) is 0 Å². The summed E-state index contributed by atoms with van der Waals surface area (Å²) in [5.74, 6) is 0. The van der Waals surface area contributed by atoms with Gasteiger partial charge in [0.15, 0.2) is 0 Å². The molecular weight excluding hydrogens is 496 g/mol. The van der Waals surface area contributed by atoms with Crippen molar-refractivity contribution in [2.24, 2.45) is 0 Å². The molecule has 2 nitrogen and oxygen atoms in total. The third-order valence-corrected chi connectivity index (χ3v) is 9.28. The Hall–Kier alpha value is -5.08. The van der Waals surface area contributed by atoms with E-state index in [4.69, 9.17) is 0 Å². The molecule has 9 rings (SSSR count). The van der Waals surface area contributed by atoms with Crippen molar-refractivity contribution in [1.82, 2.24) is 9.13 Å². The molecule has 194 valence electrons. The Bertz CT molecular complexity index is 2330. The number of aromatic nitrogens is 2. The second-order valence-corrected chi connectivity index (χ2v) is 11.8. The van der Waals surface area contributed by atoms with Crippen LogP contribution in [0.3, 0.4) is 0 Å². The second-order valence-electron chi connectivity index (χ2n) is 11.8. The zero-order chi connectivity index (χ0) is 27.3. The Morgan fingerprint density at radius 1 is 0.439 bits per heavy atom. The Labute approximate surface area is 238 Å². The van der Waals surface area contributed by atoms with Crippen molar-refractivity contribution >= 4 is 43.6 Å². The summed E-state index contributed by atoms with van der Waals surface area (Å²) in [7, 11) is 0. The first-order valence-corrected chi connectivity index (χ1v) is 14.4. The summed E-state index contributed by atoms with van der Waals surface area (Å²) in [5.41, 5.74) is 12.8. The van der Waals surface area contributed by atoms with Gasteiger partial charge in [0.2, 0.25) is 0 Å². The fourth-order valence-corrected chi connectivity index (χ4v) is 7.57. The van der Waals surface area contributed by atoms with E-state index in [-0.39, 0.29) is 5.41 Å². The Kier molecular flexibility index (Phi) is 4.42. The molecule has 6 aromatic carbocycles. The molecule has 0 radical (unpaired) electrons. The van der Waals surface area contributed by atoms with E-state index in [1.165, 1.54) is 77.2 Å². The monoisotopic (exact) mass is 524 g/mol. The minimum Gasteiger partial charge on any atom is -0.309 e. The molecule has 0 atom stereocenters. The van der Waals surface area contributed by atoms with Gasteiger partial charge >= 0.3 is 0 Å². The standard InChI is InChI=1S/C39H28N2/c1-39(2)32-17-9-6-14-27(32)29-21-23-36-37(38(29)39)30-16-8-11-19-34(30)41(36)26-20-22-35-31(24-26)28-15-7-10-18-33(28)40(35)25-12-4-3-5-13-25/h3-24H,1-2H3. The maximum atomic E-state index is 2.47. The van der Waals surface area contributed by atoms with Gasteiger partial charge in [-0.05, 0) is 70.8 Å². The average Bonchev–Trinajstić information content (AvgIpc) is 3.61. The zero-order valence-corrected chi connectivity index (χ0v) is 23.1. The van der Waals surface area contributed by atoms with Gasteiger partial charge in [0.1, 0.15) is 0 Å². The van der Waals surface area contributed by atoms with Crippen molar-refractivity contribution in [2.45, 2.75) is 19.3 Å². The van der Waals surface area contributed by atoms with E-state index in [0.717, 1.165) is 0 Å². The number of nitrogens with zero attached hydrogens (tertiary/aromatic N) is 2. The molecule has 8 aromatic rings. The summed E-state index contributed by atoms with van der Waals surface area (Å²) < 4.78 is 4.85. The molecule has 0 amide bonds. The van der Waals surface area contributed by atoms with Gasteiger partial charge in [0.05, 0.1) is 22.1 Å². The lowest BCUT2D eigenvalue weighted by Crippen LogP contribution is -2.15. The lowest BCUT2D eigenvalue weighted by Gasteiger charge is -2.22. The number of hydrogen-bond acceptors (Lipinski definition) is 0. The highest BCUT2D eigenvalue weighted by Crippen LogP contribution is 2.53. The summed E-state index contributed by atoms with van der Waals surface area (Å²) in [6.45, 7) is 4.77. The van der Waals surface area contributed by atoms with Crippen LogP contribution in [0.4, 0.5) is 0 Å². The van der Waals surface area contributed by atoms with Crippen molar-refractivity contribution in [2.75, 3.05) is 0 Å². The molecule has 2 aromatic heterocycles. The maximum Gasteiger partial charge on any atom is 0.0544 e. The molecule has 1 aliphatic carbocycles. The minimum atomic E-state index is -0.0759. The van der Waals surface area contributed by atoms with Crippen LogP contribution in [-0.2, 0) is 5.41 Å². The molecule has 2 heterocycles. The third kappa shape index (κ3) is 2.92. The van der Waals surface area contributed by atoms with E-state index in [2.05, 4.69) is 156 Å². The topological polar surface area (TPSA) is 9.86 Å². The number of para-hydroxylation sites is 3. The number of fused-ring (bicyclic) bond motifs is 10. The van der Waals surface area contributed by atoms with Crippen LogP contribution in [-0.4, -0.2) is 9.13 Å². The van der Waals surface area contributed by atoms with Crippen molar-refractivity contribution in [3.63, 3.8) is 0 Å². The van der Waals surface area contributed by atoms with Crippen LogP contribution < -0.4 is 0 Å². The summed E-state index contributed by atoms with van der Waals surface area (Å²) >= 11 is 0. The molecule has 0 unspecified atom stereocenters. The van der Waals surface area contributed by atoms with Crippen molar-refractivity contribution in [1.29, 1.82) is 0 Å². The first kappa shape index (κ1) is 22.7. The molecule has 0 saturated heterocycles. The number of benzene rings is 6. The van der Waals surface area contributed by atoms with Gasteiger partial charge < -0.3 is 9.13 Å². The molecule has 0 fully saturated rings. The normalized spacial score (nSPS) is 13.8. The Balaban J connectivity index is 1.37. The fourth-order valence-electron chi connectivity index (χ4n) is 7.57. The van der Waals surface area contributed by atoms with E-state index < -0.39 is 0 Å². The van der Waals surface area contributed by atoms with Gasteiger partial charge in [-0.25, -0.2) is 0 Å². The summed E-state index contributed by atoms with van der Waals surface area (Å²) in [4.78, 5) is 0. The largest absolute Gasteiger partial charge is 0.309 e. The fraction of sp³-hybridized carbons (Fsp3) is 0.0769. The summed E-state index contributed by atoms with van der Waals surface area (Å²) in [5, 5.41) is 5.21. The van der Waals surface area contributed by atoms with Crippen LogP contribution in [0.2, 0.25) is 0 Å². The van der Waals surface area contributed by atoms with Crippen LogP contribution in [0.5, 0.6) is 0 Å². The maximum absolute atomic E-state index is 2.47. The Morgan fingerprint density at radius 3 is 1.88 bits per heavy atom.